The summed E-state index contributed by atoms with van der Waals surface area (Å²) < 4.78 is 33.1. The summed E-state index contributed by atoms with van der Waals surface area (Å²) in [6.07, 6.45) is 0. The maximum Gasteiger partial charge on any atom is 0.262 e. The Morgan fingerprint density at radius 3 is 2.59 bits per heavy atom. The molecule has 22 heavy (non-hydrogen) atoms. The van der Waals surface area contributed by atoms with Gasteiger partial charge < -0.3 is 9.64 Å². The lowest BCUT2D eigenvalue weighted by Crippen LogP contribution is -2.29. The van der Waals surface area contributed by atoms with Gasteiger partial charge in [0.1, 0.15) is 12.4 Å². The molecule has 0 bridgehead atoms. The van der Waals surface area contributed by atoms with Crippen molar-refractivity contribution in [3.8, 4) is 5.75 Å². The second-order valence-corrected chi connectivity index (χ2v) is 7.05. The van der Waals surface area contributed by atoms with Gasteiger partial charge in [0, 0.05) is 18.8 Å². The second kappa shape index (κ2) is 5.53. The predicted octanol–water partition coefficient (Wildman–Crippen LogP) is 2.62. The lowest BCUT2D eigenvalue weighted by molar-refractivity contribution is 0.310. The quantitative estimate of drug-likeness (QED) is 0.945. The van der Waals surface area contributed by atoms with Crippen LogP contribution in [0.5, 0.6) is 5.75 Å². The number of anilines is 2. The Morgan fingerprint density at radius 2 is 1.86 bits per heavy atom. The highest BCUT2D eigenvalue weighted by molar-refractivity contribution is 7.92. The van der Waals surface area contributed by atoms with Crippen molar-refractivity contribution < 1.29 is 13.2 Å². The van der Waals surface area contributed by atoms with Crippen LogP contribution in [-0.4, -0.2) is 28.6 Å². The third kappa shape index (κ3) is 2.87. The van der Waals surface area contributed by atoms with Crippen LogP contribution in [0.3, 0.4) is 0 Å². The zero-order valence-corrected chi connectivity index (χ0v) is 13.4. The predicted molar refractivity (Wildman–Crippen MR) is 87.2 cm³/mol. The summed E-state index contributed by atoms with van der Waals surface area (Å²) in [4.78, 5) is 2.24. The smallest absolute Gasteiger partial charge is 0.262 e. The first-order chi connectivity index (χ1) is 10.5. The minimum absolute atomic E-state index is 0.196. The van der Waals surface area contributed by atoms with Gasteiger partial charge in [-0.05, 0) is 31.2 Å². The van der Waals surface area contributed by atoms with Crippen LogP contribution in [0.4, 0.5) is 11.4 Å². The standard InChI is InChI=1S/C16H18N2O3S/c1-12-3-5-13(6-4-12)17-22(19,20)14-7-8-15-16(11-14)21-10-9-18(15)2/h3-8,11,17H,9-10H2,1-2H3. The average molecular weight is 318 g/mol. The molecule has 1 aliphatic heterocycles. The number of hydrogen-bond acceptors (Lipinski definition) is 4. The lowest BCUT2D eigenvalue weighted by Gasteiger charge is -2.27. The number of fused-ring (bicyclic) bond motifs is 1. The van der Waals surface area contributed by atoms with Crippen molar-refractivity contribution in [2.24, 2.45) is 0 Å². The van der Waals surface area contributed by atoms with E-state index in [1.54, 1.807) is 30.3 Å². The number of nitrogens with zero attached hydrogens (tertiary/aromatic N) is 1. The fourth-order valence-electron chi connectivity index (χ4n) is 2.34. The van der Waals surface area contributed by atoms with Gasteiger partial charge in [-0.15, -0.1) is 0 Å². The third-order valence-electron chi connectivity index (χ3n) is 3.64. The van der Waals surface area contributed by atoms with Gasteiger partial charge in [-0.1, -0.05) is 17.7 Å². The number of benzene rings is 2. The summed E-state index contributed by atoms with van der Waals surface area (Å²) in [5.41, 5.74) is 2.52. The first-order valence-electron chi connectivity index (χ1n) is 7.03. The number of nitrogens with one attached hydrogen (secondary N) is 1. The van der Waals surface area contributed by atoms with E-state index in [1.165, 1.54) is 0 Å². The van der Waals surface area contributed by atoms with Crippen LogP contribution in [0.25, 0.3) is 0 Å². The summed E-state index contributed by atoms with van der Waals surface area (Å²) in [7, 11) is -1.67. The molecule has 116 valence electrons. The van der Waals surface area contributed by atoms with Crippen LogP contribution in [0.2, 0.25) is 0 Å². The normalized spacial score (nSPS) is 14.2. The molecule has 2 aromatic carbocycles. The monoisotopic (exact) mass is 318 g/mol. The van der Waals surface area contributed by atoms with Crippen LogP contribution in [0.15, 0.2) is 47.4 Å². The summed E-state index contributed by atoms with van der Waals surface area (Å²) >= 11 is 0. The second-order valence-electron chi connectivity index (χ2n) is 5.37. The zero-order chi connectivity index (χ0) is 15.7. The molecule has 0 spiro atoms. The third-order valence-corrected chi connectivity index (χ3v) is 5.02. The fraction of sp³-hybridized carbons (Fsp3) is 0.250. The Balaban J connectivity index is 1.90. The molecule has 0 saturated heterocycles. The first kappa shape index (κ1) is 14.7. The Bertz CT molecular complexity index is 786. The van der Waals surface area contributed by atoms with Crippen molar-refractivity contribution in [1.82, 2.24) is 0 Å². The molecule has 0 unspecified atom stereocenters. The van der Waals surface area contributed by atoms with E-state index in [0.29, 0.717) is 18.0 Å². The number of likely N-dealkylation sites (N-methyl/N-ethyl adjacent to an activating group) is 1. The van der Waals surface area contributed by atoms with E-state index in [-0.39, 0.29) is 4.90 Å². The van der Waals surface area contributed by atoms with Crippen molar-refractivity contribution in [1.29, 1.82) is 0 Å². The minimum Gasteiger partial charge on any atom is -0.490 e. The highest BCUT2D eigenvalue weighted by atomic mass is 32.2. The van der Waals surface area contributed by atoms with E-state index < -0.39 is 10.0 Å². The molecule has 0 aromatic heterocycles. The molecular weight excluding hydrogens is 300 g/mol. The molecular formula is C16H18N2O3S. The molecule has 1 N–H and O–H groups in total. The van der Waals surface area contributed by atoms with Crippen molar-refractivity contribution >= 4 is 21.4 Å². The van der Waals surface area contributed by atoms with E-state index in [9.17, 15) is 8.42 Å². The first-order valence-corrected chi connectivity index (χ1v) is 8.51. The van der Waals surface area contributed by atoms with E-state index in [0.717, 1.165) is 17.8 Å². The number of aryl methyl sites for hydroxylation is 1. The van der Waals surface area contributed by atoms with Crippen molar-refractivity contribution in [2.75, 3.05) is 29.8 Å². The number of rotatable bonds is 3. The van der Waals surface area contributed by atoms with Gasteiger partial charge in [-0.2, -0.15) is 0 Å². The van der Waals surface area contributed by atoms with E-state index in [2.05, 4.69) is 4.72 Å². The maximum absolute atomic E-state index is 12.5. The molecule has 0 aliphatic carbocycles. The highest BCUT2D eigenvalue weighted by Crippen LogP contribution is 2.33. The van der Waals surface area contributed by atoms with Crippen LogP contribution in [-0.2, 0) is 10.0 Å². The van der Waals surface area contributed by atoms with Crippen LogP contribution >= 0.6 is 0 Å². The Kier molecular flexibility index (Phi) is 3.70. The zero-order valence-electron chi connectivity index (χ0n) is 12.5. The highest BCUT2D eigenvalue weighted by Gasteiger charge is 2.20. The largest absolute Gasteiger partial charge is 0.490 e. The summed E-state index contributed by atoms with van der Waals surface area (Å²) in [5.74, 6) is 0.598. The van der Waals surface area contributed by atoms with Crippen molar-refractivity contribution in [3.05, 3.63) is 48.0 Å². The summed E-state index contributed by atoms with van der Waals surface area (Å²) in [6.45, 7) is 3.30. The molecule has 0 fully saturated rings. The Labute approximate surface area is 130 Å². The molecule has 0 radical (unpaired) electrons. The van der Waals surface area contributed by atoms with Crippen molar-refractivity contribution in [2.45, 2.75) is 11.8 Å². The van der Waals surface area contributed by atoms with E-state index in [1.807, 2.05) is 31.0 Å². The number of hydrogen-bond donors (Lipinski definition) is 1. The van der Waals surface area contributed by atoms with Crippen LogP contribution in [0, 0.1) is 6.92 Å². The molecule has 3 rings (SSSR count). The Hall–Kier alpha value is -2.21. The van der Waals surface area contributed by atoms with Crippen LogP contribution in [0.1, 0.15) is 5.56 Å². The van der Waals surface area contributed by atoms with Gasteiger partial charge in [-0.25, -0.2) is 8.42 Å². The number of ether oxygens (including phenoxy) is 1. The molecule has 1 heterocycles. The van der Waals surface area contributed by atoms with Gasteiger partial charge in [0.05, 0.1) is 17.1 Å². The summed E-state index contributed by atoms with van der Waals surface area (Å²) in [5, 5.41) is 0. The molecule has 0 atom stereocenters. The van der Waals surface area contributed by atoms with Gasteiger partial charge in [-0.3, -0.25) is 4.72 Å². The molecule has 5 nitrogen and oxygen atoms in total. The lowest BCUT2D eigenvalue weighted by atomic mass is 10.2. The average Bonchev–Trinajstić information content (AvgIpc) is 2.49. The van der Waals surface area contributed by atoms with Gasteiger partial charge in [0.15, 0.2) is 0 Å². The van der Waals surface area contributed by atoms with E-state index >= 15 is 0 Å². The summed E-state index contributed by atoms with van der Waals surface area (Å²) in [6, 6.07) is 12.2. The topological polar surface area (TPSA) is 58.6 Å². The van der Waals surface area contributed by atoms with Gasteiger partial charge in [0.2, 0.25) is 0 Å². The fourth-order valence-corrected chi connectivity index (χ4v) is 3.41. The van der Waals surface area contributed by atoms with Crippen molar-refractivity contribution in [3.63, 3.8) is 0 Å². The Morgan fingerprint density at radius 1 is 1.14 bits per heavy atom. The molecule has 2 aromatic rings. The molecule has 0 saturated carbocycles. The molecule has 6 heteroatoms. The van der Waals surface area contributed by atoms with E-state index in [4.69, 9.17) is 4.74 Å². The van der Waals surface area contributed by atoms with Crippen LogP contribution < -0.4 is 14.4 Å². The SMILES string of the molecule is Cc1ccc(NS(=O)(=O)c2ccc3c(c2)OCCN3C)cc1. The minimum atomic E-state index is -3.63. The van der Waals surface area contributed by atoms with Gasteiger partial charge >= 0.3 is 0 Å². The maximum atomic E-state index is 12.5. The van der Waals surface area contributed by atoms with Gasteiger partial charge in [0.25, 0.3) is 10.0 Å². The molecule has 0 amide bonds. The number of sulfonamides is 1. The molecule has 1 aliphatic rings.